The van der Waals surface area contributed by atoms with Crippen LogP contribution in [-0.4, -0.2) is 61.6 Å². The number of benzene rings is 2. The minimum absolute atomic E-state index is 0.00511. The number of halogens is 1. The molecule has 42 heavy (non-hydrogen) atoms. The van der Waals surface area contributed by atoms with E-state index in [0.29, 0.717) is 24.4 Å². The van der Waals surface area contributed by atoms with E-state index in [4.69, 9.17) is 21.1 Å². The zero-order valence-electron chi connectivity index (χ0n) is 24.5. The predicted octanol–water partition coefficient (Wildman–Crippen LogP) is 5.04. The van der Waals surface area contributed by atoms with Gasteiger partial charge in [0.25, 0.3) is 0 Å². The molecule has 0 saturated heterocycles. The summed E-state index contributed by atoms with van der Waals surface area (Å²) in [6.45, 7) is 0.525. The number of hydrogen-bond acceptors (Lipinski definition) is 6. The summed E-state index contributed by atoms with van der Waals surface area (Å²) in [5, 5.41) is 5.95. The van der Waals surface area contributed by atoms with E-state index < -0.39 is 30.1 Å². The largest absolute Gasteiger partial charge is 0.467 e. The van der Waals surface area contributed by atoms with Gasteiger partial charge in [-0.2, -0.15) is 0 Å². The third kappa shape index (κ3) is 11.4. The Bertz CT molecular complexity index is 1170. The van der Waals surface area contributed by atoms with Crippen LogP contribution in [0.4, 0.5) is 4.79 Å². The van der Waals surface area contributed by atoms with Crippen LogP contribution in [0, 0.1) is 5.92 Å². The van der Waals surface area contributed by atoms with Gasteiger partial charge in [-0.05, 0) is 48.4 Å². The molecule has 2 aromatic rings. The molecule has 9 nitrogen and oxygen atoms in total. The van der Waals surface area contributed by atoms with Crippen LogP contribution in [-0.2, 0) is 36.9 Å². The highest BCUT2D eigenvalue weighted by atomic mass is 35.5. The molecule has 0 spiro atoms. The van der Waals surface area contributed by atoms with Crippen LogP contribution in [0.1, 0.15) is 62.5 Å². The lowest BCUT2D eigenvalue weighted by atomic mass is 9.84. The molecular weight excluding hydrogens is 558 g/mol. The fourth-order valence-corrected chi connectivity index (χ4v) is 5.35. The van der Waals surface area contributed by atoms with Crippen molar-refractivity contribution in [2.45, 2.75) is 76.5 Å². The summed E-state index contributed by atoms with van der Waals surface area (Å²) < 4.78 is 10.3. The highest BCUT2D eigenvalue weighted by molar-refractivity contribution is 6.30. The first-order valence-corrected chi connectivity index (χ1v) is 15.0. The molecule has 3 amide bonds. The number of esters is 1. The van der Waals surface area contributed by atoms with Crippen molar-refractivity contribution in [3.05, 3.63) is 70.7 Å². The number of carbonyl (C=O) groups is 4. The smallest absolute Gasteiger partial charge is 0.408 e. The number of methoxy groups -OCH3 is 1. The number of alkyl carbamates (subject to hydrolysis) is 1. The van der Waals surface area contributed by atoms with Gasteiger partial charge < -0.3 is 25.0 Å². The Morgan fingerprint density at radius 3 is 2.36 bits per heavy atom. The summed E-state index contributed by atoms with van der Waals surface area (Å²) in [5.74, 6) is -1.04. The third-order valence-electron chi connectivity index (χ3n) is 7.61. The van der Waals surface area contributed by atoms with Crippen molar-refractivity contribution < 1.29 is 28.7 Å². The van der Waals surface area contributed by atoms with Gasteiger partial charge in [0, 0.05) is 25.0 Å². The summed E-state index contributed by atoms with van der Waals surface area (Å²) in [7, 11) is 2.95. The van der Waals surface area contributed by atoms with Gasteiger partial charge in [0.15, 0.2) is 0 Å². The summed E-state index contributed by atoms with van der Waals surface area (Å²) in [6.07, 6.45) is 5.74. The van der Waals surface area contributed by atoms with E-state index in [1.807, 2.05) is 30.3 Å². The molecule has 228 valence electrons. The van der Waals surface area contributed by atoms with Crippen LogP contribution in [0.3, 0.4) is 0 Å². The quantitative estimate of drug-likeness (QED) is 0.294. The van der Waals surface area contributed by atoms with E-state index >= 15 is 0 Å². The van der Waals surface area contributed by atoms with Gasteiger partial charge in [0.2, 0.25) is 11.8 Å². The van der Waals surface area contributed by atoms with Crippen LogP contribution in [0.5, 0.6) is 0 Å². The monoisotopic (exact) mass is 599 g/mol. The minimum Gasteiger partial charge on any atom is -0.467 e. The summed E-state index contributed by atoms with van der Waals surface area (Å²) >= 11 is 6.01. The number of likely N-dealkylation sites (N-methyl/N-ethyl adjacent to an activating group) is 1. The van der Waals surface area contributed by atoms with E-state index in [2.05, 4.69) is 10.6 Å². The van der Waals surface area contributed by atoms with Gasteiger partial charge in [-0.1, -0.05) is 86.2 Å². The molecule has 10 heteroatoms. The van der Waals surface area contributed by atoms with Gasteiger partial charge >= 0.3 is 12.1 Å². The first-order valence-electron chi connectivity index (χ1n) is 14.6. The summed E-state index contributed by atoms with van der Waals surface area (Å²) in [4.78, 5) is 53.1. The van der Waals surface area contributed by atoms with E-state index in [-0.39, 0.29) is 31.3 Å². The Morgan fingerprint density at radius 2 is 1.67 bits per heavy atom. The third-order valence-corrected chi connectivity index (χ3v) is 7.85. The normalized spacial score (nSPS) is 14.7. The van der Waals surface area contributed by atoms with Crippen molar-refractivity contribution in [1.82, 2.24) is 15.5 Å². The van der Waals surface area contributed by atoms with Gasteiger partial charge in [-0.15, -0.1) is 0 Å². The highest BCUT2D eigenvalue weighted by Crippen LogP contribution is 2.27. The van der Waals surface area contributed by atoms with Crippen LogP contribution in [0.15, 0.2) is 54.6 Å². The molecule has 2 N–H and O–H groups in total. The predicted molar refractivity (Wildman–Crippen MR) is 161 cm³/mol. The van der Waals surface area contributed by atoms with E-state index in [9.17, 15) is 19.2 Å². The molecule has 0 aliphatic heterocycles. The van der Waals surface area contributed by atoms with Crippen LogP contribution in [0.2, 0.25) is 5.02 Å². The van der Waals surface area contributed by atoms with Gasteiger partial charge in [-0.25, -0.2) is 9.59 Å². The molecule has 2 aromatic carbocycles. The lowest BCUT2D eigenvalue weighted by Crippen LogP contribution is -2.52. The first kappa shape index (κ1) is 32.9. The van der Waals surface area contributed by atoms with Crippen molar-refractivity contribution in [3.8, 4) is 0 Å². The van der Waals surface area contributed by atoms with Crippen molar-refractivity contribution in [2.24, 2.45) is 5.92 Å². The molecule has 0 heterocycles. The number of carbonyl (C=O) groups excluding carboxylic acids is 4. The second-order valence-corrected chi connectivity index (χ2v) is 11.3. The molecule has 1 aliphatic rings. The molecule has 0 aromatic heterocycles. The molecule has 1 saturated carbocycles. The molecule has 1 aliphatic carbocycles. The molecule has 3 rings (SSSR count). The van der Waals surface area contributed by atoms with Crippen LogP contribution >= 0.6 is 11.6 Å². The number of hydrogen-bond donors (Lipinski definition) is 2. The second-order valence-electron chi connectivity index (χ2n) is 10.8. The number of amides is 3. The van der Waals surface area contributed by atoms with Gasteiger partial charge in [0.1, 0.15) is 18.7 Å². The number of ether oxygens (including phenoxy) is 2. The van der Waals surface area contributed by atoms with Crippen molar-refractivity contribution in [2.75, 3.05) is 20.7 Å². The standard InChI is InChI=1S/C32H42ClN3O6/c1-36(19-18-23-10-5-3-6-11-23)29(37)17-16-27(31(39)41-2)34-30(38)28(21-24-12-7-4-8-13-24)35-32(40)42-22-25-14-9-15-26(33)20-25/h3,5-6,9-11,14-15,20,24,27-28H,4,7-8,12-13,16-19,21-22H2,1-2H3,(H,34,38)(H,35,40)/t27-,28-/m0/s1. The van der Waals surface area contributed by atoms with E-state index in [1.54, 1.807) is 36.2 Å². The maximum absolute atomic E-state index is 13.4. The van der Waals surface area contributed by atoms with Gasteiger partial charge in [0.05, 0.1) is 7.11 Å². The SMILES string of the molecule is COC(=O)[C@H](CCC(=O)N(C)CCc1ccccc1)NC(=O)[C@H](CC1CCCCC1)NC(=O)OCc1cccc(Cl)c1. The maximum Gasteiger partial charge on any atom is 0.408 e. The molecule has 2 atom stereocenters. The molecule has 0 unspecified atom stereocenters. The lowest BCUT2D eigenvalue weighted by Gasteiger charge is -2.27. The maximum atomic E-state index is 13.4. The Balaban J connectivity index is 1.58. The van der Waals surface area contributed by atoms with Crippen molar-refractivity contribution in [1.29, 1.82) is 0 Å². The molecule has 0 radical (unpaired) electrons. The topological polar surface area (TPSA) is 114 Å². The van der Waals surface area contributed by atoms with Crippen molar-refractivity contribution >= 4 is 35.5 Å². The Morgan fingerprint density at radius 1 is 0.952 bits per heavy atom. The van der Waals surface area contributed by atoms with Crippen molar-refractivity contribution in [3.63, 3.8) is 0 Å². The Kier molecular flexibility index (Phi) is 13.6. The highest BCUT2D eigenvalue weighted by Gasteiger charge is 2.30. The van der Waals surface area contributed by atoms with Crippen LogP contribution < -0.4 is 10.6 Å². The average molecular weight is 600 g/mol. The fraction of sp³-hybridized carbons (Fsp3) is 0.500. The molecule has 0 bridgehead atoms. The zero-order valence-corrected chi connectivity index (χ0v) is 25.2. The molecular formula is C32H42ClN3O6. The first-order chi connectivity index (χ1) is 20.2. The number of nitrogens with one attached hydrogen (secondary N) is 2. The minimum atomic E-state index is -1.04. The second kappa shape index (κ2) is 17.4. The lowest BCUT2D eigenvalue weighted by molar-refractivity contribution is -0.145. The summed E-state index contributed by atoms with van der Waals surface area (Å²) in [6, 6.07) is 14.9. The van der Waals surface area contributed by atoms with Gasteiger partial charge in [-0.3, -0.25) is 9.59 Å². The fourth-order valence-electron chi connectivity index (χ4n) is 5.14. The molecule has 1 fully saturated rings. The number of nitrogens with zero attached hydrogens (tertiary/aromatic N) is 1. The average Bonchev–Trinajstić information content (AvgIpc) is 3.00. The Hall–Kier alpha value is -3.59. The Labute approximate surface area is 253 Å². The number of rotatable bonds is 14. The summed E-state index contributed by atoms with van der Waals surface area (Å²) in [5.41, 5.74) is 1.84. The zero-order chi connectivity index (χ0) is 30.3. The van der Waals surface area contributed by atoms with E-state index in [1.165, 1.54) is 7.11 Å². The van der Waals surface area contributed by atoms with Crippen LogP contribution in [0.25, 0.3) is 0 Å². The van der Waals surface area contributed by atoms with E-state index in [0.717, 1.165) is 43.2 Å².